The van der Waals surface area contributed by atoms with Crippen molar-refractivity contribution in [3.63, 3.8) is 0 Å². The molecule has 0 atom stereocenters. The summed E-state index contributed by atoms with van der Waals surface area (Å²) in [6, 6.07) is 14.6. The van der Waals surface area contributed by atoms with E-state index in [-0.39, 0.29) is 11.5 Å². The van der Waals surface area contributed by atoms with E-state index in [1.807, 2.05) is 0 Å². The Balaban J connectivity index is 2.03. The largest absolute Gasteiger partial charge is 0.508 e. The molecule has 0 amide bonds. The zero-order chi connectivity index (χ0) is 16.7. The first-order chi connectivity index (χ1) is 11.6. The lowest BCUT2D eigenvalue weighted by Gasteiger charge is -2.30. The zero-order valence-corrected chi connectivity index (χ0v) is 12.5. The minimum absolute atomic E-state index is 0.121. The van der Waals surface area contributed by atoms with Crippen LogP contribution in [0.4, 0.5) is 0 Å². The van der Waals surface area contributed by atoms with Crippen LogP contribution in [0.3, 0.4) is 0 Å². The van der Waals surface area contributed by atoms with Crippen LogP contribution in [0.15, 0.2) is 67.0 Å². The number of phenolic OH excluding ortho intramolecular Hbond substituents is 2. The Bertz CT molecular complexity index is 871. The van der Waals surface area contributed by atoms with Crippen molar-refractivity contribution in [3.05, 3.63) is 89.2 Å². The molecule has 0 aliphatic carbocycles. The Hall–Kier alpha value is -3.34. The van der Waals surface area contributed by atoms with Gasteiger partial charge in [0, 0.05) is 29.1 Å². The molecule has 2 N–H and O–H groups in total. The van der Waals surface area contributed by atoms with Crippen molar-refractivity contribution in [2.75, 3.05) is 0 Å². The maximum absolute atomic E-state index is 12.4. The molecule has 24 heavy (non-hydrogen) atoms. The smallest absolute Gasteiger partial charge is 0.340 e. The average molecular weight is 319 g/mol. The standard InChI is InChI=1S/C19H13NO4/c21-14-5-1-12(2-6-14)19(13-3-7-15(22)8-4-13)17-11-20-10-9-16(17)18(23)24-19/h1-11,21-22H. The fourth-order valence-corrected chi connectivity index (χ4v) is 3.09. The molecule has 0 saturated carbocycles. The zero-order valence-electron chi connectivity index (χ0n) is 12.5. The number of hydrogen-bond acceptors (Lipinski definition) is 5. The van der Waals surface area contributed by atoms with Crippen molar-refractivity contribution in [1.82, 2.24) is 4.98 Å². The highest BCUT2D eigenvalue weighted by atomic mass is 16.6. The first-order valence-corrected chi connectivity index (χ1v) is 7.38. The lowest BCUT2D eigenvalue weighted by Crippen LogP contribution is -2.29. The quantitative estimate of drug-likeness (QED) is 0.710. The molecule has 1 aliphatic rings. The Morgan fingerprint density at radius 3 is 1.92 bits per heavy atom. The number of cyclic esters (lactones) is 1. The van der Waals surface area contributed by atoms with E-state index in [1.54, 1.807) is 67.0 Å². The van der Waals surface area contributed by atoms with Crippen LogP contribution in [-0.2, 0) is 10.3 Å². The molecular formula is C19H13NO4. The van der Waals surface area contributed by atoms with Crippen LogP contribution >= 0.6 is 0 Å². The van der Waals surface area contributed by atoms with Crippen molar-refractivity contribution in [3.8, 4) is 11.5 Å². The summed E-state index contributed by atoms with van der Waals surface area (Å²) in [4.78, 5) is 16.6. The molecule has 2 heterocycles. The van der Waals surface area contributed by atoms with Crippen LogP contribution in [0.1, 0.15) is 27.0 Å². The topological polar surface area (TPSA) is 79.7 Å². The van der Waals surface area contributed by atoms with Gasteiger partial charge in [-0.15, -0.1) is 0 Å². The van der Waals surface area contributed by atoms with Gasteiger partial charge < -0.3 is 14.9 Å². The minimum Gasteiger partial charge on any atom is -0.508 e. The number of rotatable bonds is 2. The average Bonchev–Trinajstić information content (AvgIpc) is 2.91. The van der Waals surface area contributed by atoms with Crippen molar-refractivity contribution in [2.45, 2.75) is 5.60 Å². The number of aromatic hydroxyl groups is 2. The van der Waals surface area contributed by atoms with E-state index in [1.165, 1.54) is 0 Å². The summed E-state index contributed by atoms with van der Waals surface area (Å²) in [7, 11) is 0. The third kappa shape index (κ3) is 1.95. The van der Waals surface area contributed by atoms with Gasteiger partial charge in [-0.1, -0.05) is 24.3 Å². The van der Waals surface area contributed by atoms with Gasteiger partial charge in [-0.25, -0.2) is 4.79 Å². The van der Waals surface area contributed by atoms with E-state index in [0.717, 1.165) is 0 Å². The number of phenols is 2. The normalized spacial score (nSPS) is 14.9. The van der Waals surface area contributed by atoms with Crippen LogP contribution in [0.25, 0.3) is 0 Å². The Morgan fingerprint density at radius 2 is 1.38 bits per heavy atom. The Kier molecular flexibility index (Phi) is 3.03. The molecule has 118 valence electrons. The second-order valence-corrected chi connectivity index (χ2v) is 5.59. The van der Waals surface area contributed by atoms with Crippen molar-refractivity contribution in [2.24, 2.45) is 0 Å². The summed E-state index contributed by atoms with van der Waals surface area (Å²) in [6.07, 6.45) is 3.16. The van der Waals surface area contributed by atoms with Crippen molar-refractivity contribution < 1.29 is 19.7 Å². The predicted molar refractivity (Wildman–Crippen MR) is 85.7 cm³/mol. The third-order valence-corrected chi connectivity index (χ3v) is 4.21. The number of carbonyl (C=O) groups is 1. The molecule has 1 aromatic heterocycles. The number of hydrogen-bond donors (Lipinski definition) is 2. The second-order valence-electron chi connectivity index (χ2n) is 5.59. The van der Waals surface area contributed by atoms with E-state index in [9.17, 15) is 15.0 Å². The van der Waals surface area contributed by atoms with Crippen LogP contribution in [0, 0.1) is 0 Å². The van der Waals surface area contributed by atoms with E-state index in [4.69, 9.17) is 4.74 Å². The molecule has 3 aromatic rings. The molecule has 0 saturated heterocycles. The van der Waals surface area contributed by atoms with Gasteiger partial charge in [0.2, 0.25) is 0 Å². The summed E-state index contributed by atoms with van der Waals surface area (Å²) in [5.41, 5.74) is 1.29. The van der Waals surface area contributed by atoms with Crippen molar-refractivity contribution >= 4 is 5.97 Å². The van der Waals surface area contributed by atoms with Gasteiger partial charge in [0.05, 0.1) is 5.56 Å². The SMILES string of the molecule is O=C1OC(c2ccc(O)cc2)(c2ccc(O)cc2)c2cnccc21. The molecule has 2 aromatic carbocycles. The lowest BCUT2D eigenvalue weighted by molar-refractivity contribution is 0.0251. The lowest BCUT2D eigenvalue weighted by atomic mass is 9.80. The minimum atomic E-state index is -1.16. The van der Waals surface area contributed by atoms with Crippen LogP contribution in [0.2, 0.25) is 0 Å². The fourth-order valence-electron chi connectivity index (χ4n) is 3.09. The number of ether oxygens (including phenoxy) is 1. The highest BCUT2D eigenvalue weighted by Crippen LogP contribution is 2.47. The van der Waals surface area contributed by atoms with E-state index in [2.05, 4.69) is 4.98 Å². The molecule has 0 spiro atoms. The molecule has 1 aliphatic heterocycles. The molecule has 5 nitrogen and oxygen atoms in total. The van der Waals surface area contributed by atoms with Gasteiger partial charge in [-0.3, -0.25) is 4.98 Å². The van der Waals surface area contributed by atoms with Crippen LogP contribution in [-0.4, -0.2) is 21.2 Å². The number of pyridine rings is 1. The maximum Gasteiger partial charge on any atom is 0.340 e. The van der Waals surface area contributed by atoms with Gasteiger partial charge in [0.1, 0.15) is 11.5 Å². The maximum atomic E-state index is 12.4. The van der Waals surface area contributed by atoms with E-state index in [0.29, 0.717) is 22.3 Å². The number of fused-ring (bicyclic) bond motifs is 1. The number of carbonyl (C=O) groups excluding carboxylic acids is 1. The summed E-state index contributed by atoms with van der Waals surface area (Å²) in [5, 5.41) is 19.2. The molecule has 5 heteroatoms. The third-order valence-electron chi connectivity index (χ3n) is 4.21. The summed E-state index contributed by atoms with van der Waals surface area (Å²) in [6.45, 7) is 0. The van der Waals surface area contributed by atoms with Gasteiger partial charge in [-0.05, 0) is 30.3 Å². The summed E-state index contributed by atoms with van der Waals surface area (Å²) >= 11 is 0. The van der Waals surface area contributed by atoms with Crippen LogP contribution in [0.5, 0.6) is 11.5 Å². The number of aromatic nitrogens is 1. The number of esters is 1. The first kappa shape index (κ1) is 14.3. The van der Waals surface area contributed by atoms with Crippen LogP contribution < -0.4 is 0 Å². The highest BCUT2D eigenvalue weighted by molar-refractivity contribution is 5.96. The van der Waals surface area contributed by atoms with Crippen molar-refractivity contribution in [1.29, 1.82) is 0 Å². The van der Waals surface area contributed by atoms with Gasteiger partial charge in [0.15, 0.2) is 5.60 Å². The van der Waals surface area contributed by atoms with E-state index < -0.39 is 11.6 Å². The van der Waals surface area contributed by atoms with Gasteiger partial charge >= 0.3 is 5.97 Å². The number of nitrogens with zero attached hydrogens (tertiary/aromatic N) is 1. The molecule has 0 fully saturated rings. The van der Waals surface area contributed by atoms with Gasteiger partial charge in [0.25, 0.3) is 0 Å². The molecule has 0 bridgehead atoms. The first-order valence-electron chi connectivity index (χ1n) is 7.38. The summed E-state index contributed by atoms with van der Waals surface area (Å²) in [5.74, 6) is -0.195. The Labute approximate surface area is 137 Å². The highest BCUT2D eigenvalue weighted by Gasteiger charge is 2.48. The molecule has 0 unspecified atom stereocenters. The fraction of sp³-hybridized carbons (Fsp3) is 0.0526. The number of benzene rings is 2. The monoisotopic (exact) mass is 319 g/mol. The summed E-state index contributed by atoms with van der Waals surface area (Å²) < 4.78 is 5.83. The predicted octanol–water partition coefficient (Wildman–Crippen LogP) is 2.96. The second kappa shape index (κ2) is 5.09. The molecule has 0 radical (unpaired) electrons. The van der Waals surface area contributed by atoms with E-state index >= 15 is 0 Å². The van der Waals surface area contributed by atoms with Gasteiger partial charge in [-0.2, -0.15) is 0 Å². The molecule has 4 rings (SSSR count). The Morgan fingerprint density at radius 1 is 0.833 bits per heavy atom. The molecular weight excluding hydrogens is 306 g/mol.